The Morgan fingerprint density at radius 3 is 2.85 bits per heavy atom. The van der Waals surface area contributed by atoms with Crippen molar-refractivity contribution in [2.24, 2.45) is 0 Å². The van der Waals surface area contributed by atoms with Gasteiger partial charge in [0.05, 0.1) is 6.61 Å². The summed E-state index contributed by atoms with van der Waals surface area (Å²) in [6, 6.07) is 7.23. The molecule has 1 N–H and O–H groups in total. The van der Waals surface area contributed by atoms with Crippen LogP contribution in [-0.2, 0) is 13.0 Å². The zero-order valence-corrected chi connectivity index (χ0v) is 12.5. The molecule has 0 amide bonds. The average molecular weight is 293 g/mol. The Bertz CT molecular complexity index is 513. The van der Waals surface area contributed by atoms with Gasteiger partial charge in [-0.3, -0.25) is 0 Å². The molecular weight excluding hydrogens is 273 g/mol. The summed E-state index contributed by atoms with van der Waals surface area (Å²) < 4.78 is 19.4. The second kappa shape index (κ2) is 8.02. The van der Waals surface area contributed by atoms with Gasteiger partial charge in [-0.15, -0.1) is 0 Å². The molecule has 0 saturated carbocycles. The minimum absolute atomic E-state index is 0.286. The summed E-state index contributed by atoms with van der Waals surface area (Å²) in [6.45, 7) is 4.25. The Hall–Kier alpha value is -1.39. The third-order valence-electron chi connectivity index (χ3n) is 2.98. The molecule has 20 heavy (non-hydrogen) atoms. The van der Waals surface area contributed by atoms with Crippen LogP contribution < -0.4 is 10.1 Å². The highest BCUT2D eigenvalue weighted by atomic mass is 32.1. The second-order valence-electron chi connectivity index (χ2n) is 4.67. The lowest BCUT2D eigenvalue weighted by Crippen LogP contribution is -2.14. The van der Waals surface area contributed by atoms with E-state index < -0.39 is 0 Å². The lowest BCUT2D eigenvalue weighted by atomic mass is 10.2. The Balaban J connectivity index is 1.82. The zero-order chi connectivity index (χ0) is 14.2. The van der Waals surface area contributed by atoms with Gasteiger partial charge in [-0.05, 0) is 53.1 Å². The topological polar surface area (TPSA) is 21.3 Å². The van der Waals surface area contributed by atoms with Crippen LogP contribution in [0.25, 0.3) is 0 Å². The monoisotopic (exact) mass is 293 g/mol. The van der Waals surface area contributed by atoms with Crippen molar-refractivity contribution in [2.75, 3.05) is 13.2 Å². The number of nitrogens with one attached hydrogen (secondary N) is 1. The van der Waals surface area contributed by atoms with Crippen LogP contribution >= 0.6 is 11.3 Å². The second-order valence-corrected chi connectivity index (χ2v) is 5.45. The van der Waals surface area contributed by atoms with Crippen LogP contribution in [0.1, 0.15) is 24.5 Å². The van der Waals surface area contributed by atoms with Crippen molar-refractivity contribution in [2.45, 2.75) is 26.3 Å². The van der Waals surface area contributed by atoms with E-state index in [9.17, 15) is 4.39 Å². The van der Waals surface area contributed by atoms with Crippen molar-refractivity contribution in [3.8, 4) is 5.75 Å². The van der Waals surface area contributed by atoms with Crippen LogP contribution in [0.3, 0.4) is 0 Å². The molecule has 0 aliphatic carbocycles. The average Bonchev–Trinajstić information content (AvgIpc) is 2.95. The van der Waals surface area contributed by atoms with Gasteiger partial charge in [0.15, 0.2) is 11.6 Å². The van der Waals surface area contributed by atoms with E-state index in [0.29, 0.717) is 18.9 Å². The maximum absolute atomic E-state index is 13.9. The van der Waals surface area contributed by atoms with E-state index in [2.05, 4.69) is 23.7 Å². The van der Waals surface area contributed by atoms with Gasteiger partial charge in [0, 0.05) is 13.0 Å². The molecule has 0 aliphatic heterocycles. The van der Waals surface area contributed by atoms with E-state index in [0.717, 1.165) is 24.9 Å². The lowest BCUT2D eigenvalue weighted by molar-refractivity contribution is 0.305. The van der Waals surface area contributed by atoms with Gasteiger partial charge in [-0.1, -0.05) is 13.0 Å². The van der Waals surface area contributed by atoms with Crippen molar-refractivity contribution in [3.05, 3.63) is 52.0 Å². The molecule has 0 aliphatic rings. The summed E-state index contributed by atoms with van der Waals surface area (Å²) in [7, 11) is 0. The predicted octanol–water partition coefficient (Wildman–Crippen LogP) is 4.01. The Morgan fingerprint density at radius 1 is 1.25 bits per heavy atom. The van der Waals surface area contributed by atoms with Crippen LogP contribution in [0.15, 0.2) is 35.0 Å². The molecule has 1 aromatic carbocycles. The molecule has 4 heteroatoms. The van der Waals surface area contributed by atoms with Crippen molar-refractivity contribution < 1.29 is 9.13 Å². The third-order valence-corrected chi connectivity index (χ3v) is 3.71. The number of hydrogen-bond acceptors (Lipinski definition) is 3. The number of benzene rings is 1. The van der Waals surface area contributed by atoms with Gasteiger partial charge in [-0.25, -0.2) is 4.39 Å². The normalized spacial score (nSPS) is 10.7. The summed E-state index contributed by atoms with van der Waals surface area (Å²) in [4.78, 5) is 0. The van der Waals surface area contributed by atoms with Crippen molar-refractivity contribution in [1.29, 1.82) is 0 Å². The van der Waals surface area contributed by atoms with Crippen molar-refractivity contribution in [3.63, 3.8) is 0 Å². The summed E-state index contributed by atoms with van der Waals surface area (Å²) in [5.74, 6) is 0.0468. The van der Waals surface area contributed by atoms with Crippen LogP contribution in [0.2, 0.25) is 0 Å². The molecular formula is C16H20FNOS. The van der Waals surface area contributed by atoms with Gasteiger partial charge < -0.3 is 10.1 Å². The Labute approximate surface area is 123 Å². The molecule has 0 spiro atoms. The highest BCUT2D eigenvalue weighted by molar-refractivity contribution is 7.07. The molecule has 0 bridgehead atoms. The van der Waals surface area contributed by atoms with Crippen LogP contribution in [-0.4, -0.2) is 13.2 Å². The van der Waals surface area contributed by atoms with E-state index in [1.165, 1.54) is 5.56 Å². The molecule has 2 rings (SSSR count). The molecule has 2 aromatic rings. The van der Waals surface area contributed by atoms with Crippen LogP contribution in [0, 0.1) is 5.82 Å². The molecule has 108 valence electrons. The highest BCUT2D eigenvalue weighted by Gasteiger charge is 2.05. The maximum atomic E-state index is 13.9. The summed E-state index contributed by atoms with van der Waals surface area (Å²) in [5, 5.41) is 7.37. The molecule has 0 atom stereocenters. The number of ether oxygens (including phenoxy) is 1. The largest absolute Gasteiger partial charge is 0.490 e. The van der Waals surface area contributed by atoms with Gasteiger partial charge in [0.25, 0.3) is 0 Å². The zero-order valence-electron chi connectivity index (χ0n) is 11.7. The van der Waals surface area contributed by atoms with Crippen molar-refractivity contribution in [1.82, 2.24) is 5.32 Å². The Morgan fingerprint density at radius 2 is 2.15 bits per heavy atom. The summed E-state index contributed by atoms with van der Waals surface area (Å²) in [6.07, 6.45) is 1.88. The minimum atomic E-state index is -0.286. The first-order valence-electron chi connectivity index (χ1n) is 6.92. The van der Waals surface area contributed by atoms with Gasteiger partial charge >= 0.3 is 0 Å². The van der Waals surface area contributed by atoms with Gasteiger partial charge in [-0.2, -0.15) is 11.3 Å². The quantitative estimate of drug-likeness (QED) is 0.743. The minimum Gasteiger partial charge on any atom is -0.490 e. The molecule has 0 unspecified atom stereocenters. The molecule has 2 nitrogen and oxygen atoms in total. The number of rotatable bonds is 8. The lowest BCUT2D eigenvalue weighted by Gasteiger charge is -2.09. The van der Waals surface area contributed by atoms with Gasteiger partial charge in [0.1, 0.15) is 0 Å². The first-order chi connectivity index (χ1) is 9.79. The van der Waals surface area contributed by atoms with Crippen LogP contribution in [0.5, 0.6) is 5.75 Å². The van der Waals surface area contributed by atoms with Crippen molar-refractivity contribution >= 4 is 11.3 Å². The van der Waals surface area contributed by atoms with E-state index in [1.54, 1.807) is 23.5 Å². The molecule has 1 aromatic heterocycles. The third kappa shape index (κ3) is 4.62. The first kappa shape index (κ1) is 15.0. The van der Waals surface area contributed by atoms with Crippen LogP contribution in [0.4, 0.5) is 4.39 Å². The number of halogens is 1. The fourth-order valence-corrected chi connectivity index (χ4v) is 2.60. The van der Waals surface area contributed by atoms with E-state index in [1.807, 2.05) is 11.4 Å². The molecule has 0 saturated heterocycles. The molecule has 0 fully saturated rings. The molecule has 1 heterocycles. The first-order valence-corrected chi connectivity index (χ1v) is 7.87. The Kier molecular flexibility index (Phi) is 6.02. The van der Waals surface area contributed by atoms with E-state index >= 15 is 0 Å². The fraction of sp³-hybridized carbons (Fsp3) is 0.375. The maximum Gasteiger partial charge on any atom is 0.165 e. The summed E-state index contributed by atoms with van der Waals surface area (Å²) in [5.41, 5.74) is 2.18. The summed E-state index contributed by atoms with van der Waals surface area (Å²) >= 11 is 1.66. The standard InChI is InChI=1S/C16H20FNOS/c1-2-7-18-11-14-3-4-16(15(17)10-14)19-8-5-13-6-9-20-12-13/h3-4,6,9-10,12,18H,2,5,7-8,11H2,1H3. The smallest absolute Gasteiger partial charge is 0.165 e. The van der Waals surface area contributed by atoms with E-state index in [-0.39, 0.29) is 5.82 Å². The number of thiophene rings is 1. The predicted molar refractivity (Wildman–Crippen MR) is 81.9 cm³/mol. The highest BCUT2D eigenvalue weighted by Crippen LogP contribution is 2.19. The molecule has 0 radical (unpaired) electrons. The SMILES string of the molecule is CCCNCc1ccc(OCCc2ccsc2)c(F)c1. The van der Waals surface area contributed by atoms with E-state index in [4.69, 9.17) is 4.74 Å². The fourth-order valence-electron chi connectivity index (χ4n) is 1.89. The van der Waals surface area contributed by atoms with Gasteiger partial charge in [0.2, 0.25) is 0 Å². The number of hydrogen-bond donors (Lipinski definition) is 1.